The number of hydrogen-bond donors (Lipinski definition) is 1. The van der Waals surface area contributed by atoms with Gasteiger partial charge in [0, 0.05) is 12.3 Å². The summed E-state index contributed by atoms with van der Waals surface area (Å²) >= 11 is 0. The Balaban J connectivity index is 0.00000361. The quantitative estimate of drug-likeness (QED) is 0.410. The fourth-order valence-corrected chi connectivity index (χ4v) is 4.90. The minimum Gasteiger partial charge on any atom is -1.00 e. The van der Waals surface area contributed by atoms with Crippen LogP contribution >= 0.6 is 0 Å². The standard InChI is InChI=1S/C29H37N2O4.BrH/c1-31(2,28(32)34-21-19-23-12-6-3-7-13-23)20-18-26-22-30-27(35-26)29(33,24-14-8-4-9-15-24)25-16-10-5-11-17-25;/h3-4,6-9,12-15,22,25,33H,5,10-11,16-21H2,1-2H3;1H/q+1;/p-1/t29-;/m0./s1. The largest absolute Gasteiger partial charge is 1.00 e. The second kappa shape index (κ2) is 12.7. The van der Waals surface area contributed by atoms with Crippen molar-refractivity contribution >= 4 is 6.09 Å². The van der Waals surface area contributed by atoms with Crippen molar-refractivity contribution in [1.82, 2.24) is 4.98 Å². The third kappa shape index (κ3) is 6.64. The van der Waals surface area contributed by atoms with Crippen molar-refractivity contribution in [1.29, 1.82) is 0 Å². The van der Waals surface area contributed by atoms with E-state index >= 15 is 0 Å². The molecule has 36 heavy (non-hydrogen) atoms. The summed E-state index contributed by atoms with van der Waals surface area (Å²) in [6.45, 7) is 0.856. The van der Waals surface area contributed by atoms with Crippen LogP contribution in [0.5, 0.6) is 0 Å². The molecule has 6 nitrogen and oxygen atoms in total. The lowest BCUT2D eigenvalue weighted by Crippen LogP contribution is -3.00. The maximum absolute atomic E-state index is 12.7. The zero-order chi connectivity index (χ0) is 24.7. The normalized spacial score (nSPS) is 16.1. The number of aliphatic hydroxyl groups is 1. The third-order valence-electron chi connectivity index (χ3n) is 7.16. The fraction of sp³-hybridized carbons (Fsp3) is 0.448. The van der Waals surface area contributed by atoms with Gasteiger partial charge in [-0.25, -0.2) is 9.47 Å². The predicted molar refractivity (Wildman–Crippen MR) is 135 cm³/mol. The maximum Gasteiger partial charge on any atom is 0.515 e. The molecule has 3 aromatic rings. The van der Waals surface area contributed by atoms with Gasteiger partial charge in [0.1, 0.15) is 12.4 Å². The number of carbonyl (C=O) groups excluding carboxylic acids is 1. The van der Waals surface area contributed by atoms with Crippen LogP contribution in [0.3, 0.4) is 0 Å². The first-order valence-electron chi connectivity index (χ1n) is 12.7. The van der Waals surface area contributed by atoms with Crippen LogP contribution in [0.2, 0.25) is 0 Å². The summed E-state index contributed by atoms with van der Waals surface area (Å²) in [5.41, 5.74) is 0.711. The van der Waals surface area contributed by atoms with E-state index in [0.29, 0.717) is 37.6 Å². The molecule has 0 radical (unpaired) electrons. The molecule has 2 aromatic carbocycles. The minimum absolute atomic E-state index is 0. The number of carbonyl (C=O) groups is 1. The Morgan fingerprint density at radius 1 is 1.03 bits per heavy atom. The van der Waals surface area contributed by atoms with Gasteiger partial charge in [-0.3, -0.25) is 0 Å². The Morgan fingerprint density at radius 3 is 2.33 bits per heavy atom. The van der Waals surface area contributed by atoms with E-state index in [1.54, 1.807) is 6.20 Å². The van der Waals surface area contributed by atoms with Crippen molar-refractivity contribution in [2.45, 2.75) is 50.5 Å². The smallest absolute Gasteiger partial charge is 0.515 e. The molecule has 4 rings (SSSR count). The molecule has 1 aromatic heterocycles. The van der Waals surface area contributed by atoms with E-state index in [1.165, 1.54) is 6.42 Å². The molecule has 1 aliphatic carbocycles. The van der Waals surface area contributed by atoms with Gasteiger partial charge < -0.3 is 31.2 Å². The van der Waals surface area contributed by atoms with Gasteiger partial charge in [-0.15, -0.1) is 0 Å². The van der Waals surface area contributed by atoms with Crippen LogP contribution in [0.1, 0.15) is 54.9 Å². The molecule has 194 valence electrons. The second-order valence-electron chi connectivity index (χ2n) is 10.1. The second-order valence-corrected chi connectivity index (χ2v) is 10.1. The zero-order valence-electron chi connectivity index (χ0n) is 21.2. The number of benzene rings is 2. The number of nitrogens with zero attached hydrogens (tertiary/aromatic N) is 2. The van der Waals surface area contributed by atoms with Crippen molar-refractivity contribution in [3.63, 3.8) is 0 Å². The van der Waals surface area contributed by atoms with E-state index in [1.807, 2.05) is 74.8 Å². The Labute approximate surface area is 224 Å². The number of hydrogen-bond acceptors (Lipinski definition) is 5. The average molecular weight is 558 g/mol. The third-order valence-corrected chi connectivity index (χ3v) is 7.16. The Hall–Kier alpha value is -2.48. The van der Waals surface area contributed by atoms with Gasteiger partial charge in [-0.2, -0.15) is 4.79 Å². The molecular weight excluding hydrogens is 520 g/mol. The number of amides is 1. The van der Waals surface area contributed by atoms with Crippen LogP contribution in [0, 0.1) is 5.92 Å². The molecule has 1 aliphatic rings. The summed E-state index contributed by atoms with van der Waals surface area (Å²) in [6.07, 6.45) is 7.92. The van der Waals surface area contributed by atoms with Gasteiger partial charge in [0.15, 0.2) is 5.60 Å². The van der Waals surface area contributed by atoms with Crippen LogP contribution in [-0.4, -0.2) is 47.9 Å². The van der Waals surface area contributed by atoms with E-state index in [4.69, 9.17) is 9.15 Å². The maximum atomic E-state index is 12.7. The van der Waals surface area contributed by atoms with Crippen molar-refractivity contribution < 1.29 is 40.5 Å². The molecule has 1 saturated carbocycles. The number of halogens is 1. The van der Waals surface area contributed by atoms with Crippen molar-refractivity contribution in [2.75, 3.05) is 27.2 Å². The number of rotatable bonds is 9. The summed E-state index contributed by atoms with van der Waals surface area (Å²) in [6, 6.07) is 19.7. The molecule has 1 fully saturated rings. The average Bonchev–Trinajstić information content (AvgIpc) is 3.38. The zero-order valence-corrected chi connectivity index (χ0v) is 22.8. The first-order chi connectivity index (χ1) is 16.9. The van der Waals surface area contributed by atoms with E-state index < -0.39 is 5.60 Å². The highest BCUT2D eigenvalue weighted by molar-refractivity contribution is 5.59. The summed E-state index contributed by atoms with van der Waals surface area (Å²) in [5, 5.41) is 12.0. The molecule has 0 bridgehead atoms. The van der Waals surface area contributed by atoms with Crippen LogP contribution in [-0.2, 0) is 23.2 Å². The monoisotopic (exact) mass is 556 g/mol. The molecule has 1 heterocycles. The summed E-state index contributed by atoms with van der Waals surface area (Å²) in [7, 11) is 3.68. The highest BCUT2D eigenvalue weighted by Crippen LogP contribution is 2.43. The van der Waals surface area contributed by atoms with Crippen LogP contribution in [0.25, 0.3) is 0 Å². The van der Waals surface area contributed by atoms with Gasteiger partial charge in [0.2, 0.25) is 5.89 Å². The van der Waals surface area contributed by atoms with Crippen LogP contribution in [0.15, 0.2) is 71.3 Å². The molecule has 0 unspecified atom stereocenters. The van der Waals surface area contributed by atoms with Crippen LogP contribution < -0.4 is 17.0 Å². The lowest BCUT2D eigenvalue weighted by molar-refractivity contribution is -0.817. The van der Waals surface area contributed by atoms with Gasteiger partial charge >= 0.3 is 6.09 Å². The number of aromatic nitrogens is 1. The molecule has 0 spiro atoms. The minimum atomic E-state index is -1.25. The first-order valence-corrected chi connectivity index (χ1v) is 12.7. The number of likely N-dealkylation sites (N-methyl/N-ethyl adjacent to an activating group) is 1. The Kier molecular flexibility index (Phi) is 9.88. The Bertz CT molecular complexity index is 1080. The Morgan fingerprint density at radius 2 is 1.67 bits per heavy atom. The summed E-state index contributed by atoms with van der Waals surface area (Å²) in [5.74, 6) is 1.08. The lowest BCUT2D eigenvalue weighted by Gasteiger charge is -2.36. The highest BCUT2D eigenvalue weighted by Gasteiger charge is 2.44. The van der Waals surface area contributed by atoms with Crippen LogP contribution in [0.4, 0.5) is 4.79 Å². The van der Waals surface area contributed by atoms with E-state index in [9.17, 15) is 9.90 Å². The van der Waals surface area contributed by atoms with Gasteiger partial charge in [0.25, 0.3) is 0 Å². The summed E-state index contributed by atoms with van der Waals surface area (Å²) in [4.78, 5) is 17.2. The topological polar surface area (TPSA) is 72.6 Å². The number of quaternary nitrogens is 1. The van der Waals surface area contributed by atoms with Gasteiger partial charge in [-0.1, -0.05) is 79.9 Å². The summed E-state index contributed by atoms with van der Waals surface area (Å²) < 4.78 is 11.8. The number of oxazole rings is 1. The SMILES string of the molecule is C[N+](C)(CCc1cnc([C@](O)(c2ccccc2)C2CCCCC2)o1)C(=O)OCCc1ccccc1.[Br-]. The molecule has 7 heteroatoms. The number of ether oxygens (including phenoxy) is 1. The van der Waals surface area contributed by atoms with Crippen molar-refractivity contribution in [3.8, 4) is 0 Å². The fourth-order valence-electron chi connectivity index (χ4n) is 4.90. The molecule has 1 atom stereocenters. The lowest BCUT2D eigenvalue weighted by atomic mass is 9.73. The molecule has 1 amide bonds. The van der Waals surface area contributed by atoms with Crippen molar-refractivity contribution in [3.05, 3.63) is 89.6 Å². The van der Waals surface area contributed by atoms with E-state index in [2.05, 4.69) is 4.98 Å². The molecular formula is C29H37BrN2O4. The van der Waals surface area contributed by atoms with E-state index in [0.717, 1.165) is 36.8 Å². The molecule has 0 aliphatic heterocycles. The van der Waals surface area contributed by atoms with Gasteiger partial charge in [-0.05, 0) is 24.0 Å². The van der Waals surface area contributed by atoms with Crippen molar-refractivity contribution in [2.24, 2.45) is 5.92 Å². The molecule has 1 N–H and O–H groups in total. The highest BCUT2D eigenvalue weighted by atomic mass is 79.9. The molecule has 0 saturated heterocycles. The predicted octanol–water partition coefficient (Wildman–Crippen LogP) is 2.49. The first kappa shape index (κ1) is 28.1. The van der Waals surface area contributed by atoms with Gasteiger partial charge in [0.05, 0.1) is 33.3 Å². The van der Waals surface area contributed by atoms with E-state index in [-0.39, 0.29) is 33.5 Å².